The molecule has 2 rings (SSSR count). The summed E-state index contributed by atoms with van der Waals surface area (Å²) in [4.78, 5) is 0. The second kappa shape index (κ2) is 4.15. The van der Waals surface area contributed by atoms with Crippen molar-refractivity contribution in [2.45, 2.75) is 45.8 Å². The first kappa shape index (κ1) is 13.7. The monoisotopic (exact) mass is 267 g/mol. The lowest BCUT2D eigenvalue weighted by Crippen LogP contribution is -2.41. The van der Waals surface area contributed by atoms with Gasteiger partial charge in [0, 0.05) is 16.2 Å². The summed E-state index contributed by atoms with van der Waals surface area (Å²) in [5, 5.41) is 0.660. The zero-order valence-corrected chi connectivity index (χ0v) is 12.3. The third-order valence-electron chi connectivity index (χ3n) is 3.87. The van der Waals surface area contributed by atoms with E-state index in [1.54, 1.807) is 6.07 Å². The molecular weight excluding hydrogens is 248 g/mol. The Labute approximate surface area is 114 Å². The topological polar surface area (TPSA) is 44.5 Å². The Morgan fingerprint density at radius 1 is 1.11 bits per heavy atom. The average Bonchev–Trinajstić information content (AvgIpc) is 2.42. The Hall–Kier alpha value is -0.705. The average molecular weight is 268 g/mol. The van der Waals surface area contributed by atoms with E-state index < -0.39 is 7.12 Å². The van der Waals surface area contributed by atoms with Gasteiger partial charge in [0.1, 0.15) is 0 Å². The van der Waals surface area contributed by atoms with Crippen LogP contribution in [0.25, 0.3) is 0 Å². The van der Waals surface area contributed by atoms with Crippen molar-refractivity contribution in [3.63, 3.8) is 0 Å². The third kappa shape index (κ3) is 2.13. The van der Waals surface area contributed by atoms with Gasteiger partial charge in [0.25, 0.3) is 0 Å². The Kier molecular flexibility index (Phi) is 3.17. The van der Waals surface area contributed by atoms with Crippen molar-refractivity contribution in [1.29, 1.82) is 0 Å². The first-order chi connectivity index (χ1) is 8.14. The highest BCUT2D eigenvalue weighted by molar-refractivity contribution is 6.64. The van der Waals surface area contributed by atoms with Crippen molar-refractivity contribution in [2.75, 3.05) is 5.73 Å². The minimum absolute atomic E-state index is 0.363. The number of benzene rings is 1. The van der Waals surface area contributed by atoms with Crippen LogP contribution in [0.5, 0.6) is 0 Å². The van der Waals surface area contributed by atoms with Crippen molar-refractivity contribution in [2.24, 2.45) is 0 Å². The number of hydrogen-bond donors (Lipinski definition) is 1. The molecule has 2 N–H and O–H groups in total. The van der Waals surface area contributed by atoms with Gasteiger partial charge < -0.3 is 15.0 Å². The Morgan fingerprint density at radius 2 is 1.61 bits per heavy atom. The van der Waals surface area contributed by atoms with Crippen molar-refractivity contribution in [3.8, 4) is 0 Å². The van der Waals surface area contributed by atoms with Crippen LogP contribution in [-0.4, -0.2) is 18.3 Å². The summed E-state index contributed by atoms with van der Waals surface area (Å²) in [7, 11) is -0.439. The van der Waals surface area contributed by atoms with Crippen LogP contribution in [0.4, 0.5) is 5.69 Å². The summed E-state index contributed by atoms with van der Waals surface area (Å²) >= 11 is 6.04. The van der Waals surface area contributed by atoms with Crippen LogP contribution in [0.2, 0.25) is 5.02 Å². The van der Waals surface area contributed by atoms with Crippen LogP contribution in [0.3, 0.4) is 0 Å². The summed E-state index contributed by atoms with van der Waals surface area (Å²) < 4.78 is 12.0. The molecule has 0 bridgehead atoms. The van der Waals surface area contributed by atoms with Gasteiger partial charge in [-0.1, -0.05) is 17.7 Å². The minimum atomic E-state index is -0.439. The number of nitrogens with two attached hydrogens (primary N) is 1. The smallest absolute Gasteiger partial charge is 0.399 e. The first-order valence-corrected chi connectivity index (χ1v) is 6.43. The Balaban J connectivity index is 2.38. The van der Waals surface area contributed by atoms with E-state index in [2.05, 4.69) is 0 Å². The molecule has 0 radical (unpaired) electrons. The SMILES string of the molecule is Cc1cc(B2OC(C)(C)C(C)(C)O2)c(N)cc1Cl. The van der Waals surface area contributed by atoms with Gasteiger partial charge in [-0.25, -0.2) is 0 Å². The third-order valence-corrected chi connectivity index (χ3v) is 4.28. The van der Waals surface area contributed by atoms with Crippen LogP contribution >= 0.6 is 11.6 Å². The van der Waals surface area contributed by atoms with Gasteiger partial charge in [-0.2, -0.15) is 0 Å². The molecule has 1 aromatic carbocycles. The molecule has 0 aromatic heterocycles. The molecule has 0 amide bonds. The summed E-state index contributed by atoms with van der Waals surface area (Å²) in [6.45, 7) is 10.0. The van der Waals surface area contributed by atoms with Gasteiger partial charge in [0.05, 0.1) is 11.2 Å². The van der Waals surface area contributed by atoms with Gasteiger partial charge in [0.15, 0.2) is 0 Å². The Bertz CT molecular complexity index is 472. The maximum Gasteiger partial charge on any atom is 0.496 e. The number of rotatable bonds is 1. The van der Waals surface area contributed by atoms with Crippen LogP contribution in [-0.2, 0) is 9.31 Å². The number of halogens is 1. The van der Waals surface area contributed by atoms with Gasteiger partial charge in [0.2, 0.25) is 0 Å². The number of anilines is 1. The van der Waals surface area contributed by atoms with Crippen LogP contribution in [0.1, 0.15) is 33.3 Å². The zero-order valence-electron chi connectivity index (χ0n) is 11.5. The van der Waals surface area contributed by atoms with E-state index in [0.717, 1.165) is 11.0 Å². The molecule has 3 nitrogen and oxygen atoms in total. The maximum absolute atomic E-state index is 6.04. The number of hydrogen-bond acceptors (Lipinski definition) is 3. The van der Waals surface area contributed by atoms with Gasteiger partial charge in [-0.3, -0.25) is 0 Å². The van der Waals surface area contributed by atoms with E-state index in [9.17, 15) is 0 Å². The first-order valence-electron chi connectivity index (χ1n) is 6.05. The molecule has 5 heteroatoms. The second-order valence-electron chi connectivity index (χ2n) is 5.82. The van der Waals surface area contributed by atoms with Crippen LogP contribution in [0.15, 0.2) is 12.1 Å². The molecule has 0 spiro atoms. The lowest BCUT2D eigenvalue weighted by Gasteiger charge is -2.32. The molecule has 98 valence electrons. The molecule has 1 saturated heterocycles. The lowest BCUT2D eigenvalue weighted by atomic mass is 9.77. The normalized spacial score (nSPS) is 21.3. The molecule has 0 atom stereocenters. The fourth-order valence-electron chi connectivity index (χ4n) is 1.89. The highest BCUT2D eigenvalue weighted by atomic mass is 35.5. The molecule has 1 heterocycles. The summed E-state index contributed by atoms with van der Waals surface area (Å²) in [6, 6.07) is 3.68. The number of aryl methyl sites for hydroxylation is 1. The highest BCUT2D eigenvalue weighted by Gasteiger charge is 2.52. The molecule has 1 aliphatic heterocycles. The summed E-state index contributed by atoms with van der Waals surface area (Å²) in [5.41, 5.74) is 7.69. The number of nitrogen functional groups attached to an aromatic ring is 1. The molecular formula is C13H19BClNO2. The van der Waals surface area contributed by atoms with Crippen LogP contribution in [0, 0.1) is 6.92 Å². The van der Waals surface area contributed by atoms with Crippen molar-refractivity contribution in [1.82, 2.24) is 0 Å². The van der Waals surface area contributed by atoms with E-state index in [-0.39, 0.29) is 11.2 Å². The molecule has 0 unspecified atom stereocenters. The predicted molar refractivity (Wildman–Crippen MR) is 76.3 cm³/mol. The maximum atomic E-state index is 6.04. The largest absolute Gasteiger partial charge is 0.496 e. The Morgan fingerprint density at radius 3 is 2.11 bits per heavy atom. The van der Waals surface area contributed by atoms with Crippen molar-refractivity contribution >= 4 is 29.9 Å². The highest BCUT2D eigenvalue weighted by Crippen LogP contribution is 2.37. The van der Waals surface area contributed by atoms with Gasteiger partial charge >= 0.3 is 7.12 Å². The van der Waals surface area contributed by atoms with Gasteiger partial charge in [-0.05, 0) is 46.2 Å². The second-order valence-corrected chi connectivity index (χ2v) is 6.23. The van der Waals surface area contributed by atoms with Gasteiger partial charge in [-0.15, -0.1) is 0 Å². The van der Waals surface area contributed by atoms with E-state index in [1.807, 2.05) is 40.7 Å². The van der Waals surface area contributed by atoms with E-state index in [4.69, 9.17) is 26.6 Å². The standard InChI is InChI=1S/C13H19BClNO2/c1-8-6-9(11(16)7-10(8)15)14-17-12(2,3)13(4,5)18-14/h6-7H,16H2,1-5H3. The summed E-state index contributed by atoms with van der Waals surface area (Å²) in [5.74, 6) is 0. The van der Waals surface area contributed by atoms with Crippen LogP contribution < -0.4 is 11.2 Å². The zero-order chi connectivity index (χ0) is 13.7. The fraction of sp³-hybridized carbons (Fsp3) is 0.538. The van der Waals surface area contributed by atoms with E-state index >= 15 is 0 Å². The van der Waals surface area contributed by atoms with Crippen molar-refractivity contribution < 1.29 is 9.31 Å². The van der Waals surface area contributed by atoms with E-state index in [1.165, 1.54) is 0 Å². The quantitative estimate of drug-likeness (QED) is 0.628. The molecule has 1 fully saturated rings. The lowest BCUT2D eigenvalue weighted by molar-refractivity contribution is 0.00578. The van der Waals surface area contributed by atoms with Crippen molar-refractivity contribution in [3.05, 3.63) is 22.7 Å². The minimum Gasteiger partial charge on any atom is -0.399 e. The molecule has 1 aromatic rings. The molecule has 0 aliphatic carbocycles. The summed E-state index contributed by atoms with van der Waals surface area (Å²) in [6.07, 6.45) is 0. The predicted octanol–water partition coefficient (Wildman–Crippen LogP) is 2.53. The molecule has 0 saturated carbocycles. The molecule has 18 heavy (non-hydrogen) atoms. The molecule has 1 aliphatic rings. The van der Waals surface area contributed by atoms with E-state index in [0.29, 0.717) is 10.7 Å². The fourth-order valence-corrected chi connectivity index (χ4v) is 2.07.